The molecule has 4 nitrogen and oxygen atoms in total. The second kappa shape index (κ2) is 5.59. The number of carbonyl (C=O) groups is 1. The van der Waals surface area contributed by atoms with E-state index in [1.54, 1.807) is 20.8 Å². The average Bonchev–Trinajstić information content (AvgIpc) is 2.83. The van der Waals surface area contributed by atoms with E-state index >= 15 is 0 Å². The number of nitrogens with one attached hydrogen (secondary N) is 1. The molecular formula is C17H17F5N2O2. The Bertz CT molecular complexity index is 864. The van der Waals surface area contributed by atoms with E-state index < -0.39 is 41.6 Å². The second-order valence-electron chi connectivity index (χ2n) is 7.28. The molecule has 142 valence electrons. The van der Waals surface area contributed by atoms with Gasteiger partial charge >= 0.3 is 18.2 Å². The Balaban J connectivity index is 2.03. The number of fused-ring (bicyclic) bond motifs is 3. The number of ether oxygens (including phenoxy) is 1. The lowest BCUT2D eigenvalue weighted by Gasteiger charge is -2.34. The van der Waals surface area contributed by atoms with Crippen molar-refractivity contribution in [3.63, 3.8) is 0 Å². The first kappa shape index (κ1) is 18.5. The molecule has 0 radical (unpaired) electrons. The lowest BCUT2D eigenvalue weighted by molar-refractivity contribution is -0.137. The van der Waals surface area contributed by atoms with Gasteiger partial charge in [0.15, 0.2) is 0 Å². The largest absolute Gasteiger partial charge is 0.444 e. The van der Waals surface area contributed by atoms with Gasteiger partial charge in [0.2, 0.25) is 0 Å². The number of aromatic amines is 1. The number of carbonyl (C=O) groups excluding carboxylic acids is 1. The molecule has 1 aliphatic rings. The molecule has 1 N–H and O–H groups in total. The summed E-state index contributed by atoms with van der Waals surface area (Å²) in [4.78, 5) is 15.4. The van der Waals surface area contributed by atoms with Gasteiger partial charge in [-0.25, -0.2) is 4.79 Å². The highest BCUT2D eigenvalue weighted by molar-refractivity contribution is 5.86. The summed E-state index contributed by atoms with van der Waals surface area (Å²) in [5.74, 6) is -3.43. The number of amides is 1. The van der Waals surface area contributed by atoms with Crippen LogP contribution >= 0.6 is 0 Å². The van der Waals surface area contributed by atoms with Crippen LogP contribution in [0.3, 0.4) is 0 Å². The third-order valence-corrected chi connectivity index (χ3v) is 3.99. The van der Waals surface area contributed by atoms with E-state index in [2.05, 4.69) is 4.98 Å². The topological polar surface area (TPSA) is 45.3 Å². The minimum Gasteiger partial charge on any atom is -0.444 e. The van der Waals surface area contributed by atoms with Crippen molar-refractivity contribution in [3.8, 4) is 0 Å². The van der Waals surface area contributed by atoms with Gasteiger partial charge in [-0.2, -0.15) is 22.0 Å². The molecule has 2 aromatic rings. The Kier molecular flexibility index (Phi) is 3.97. The minimum atomic E-state index is -4.58. The first-order valence-corrected chi connectivity index (χ1v) is 7.86. The van der Waals surface area contributed by atoms with Gasteiger partial charge in [-0.3, -0.25) is 4.90 Å². The van der Waals surface area contributed by atoms with Crippen LogP contribution in [0.25, 0.3) is 10.9 Å². The fraction of sp³-hybridized carbons (Fsp3) is 0.471. The Hall–Kier alpha value is -2.32. The molecule has 0 saturated heterocycles. The number of rotatable bonds is 0. The summed E-state index contributed by atoms with van der Waals surface area (Å²) in [7, 11) is 0. The van der Waals surface area contributed by atoms with E-state index in [9.17, 15) is 26.7 Å². The van der Waals surface area contributed by atoms with Gasteiger partial charge in [-0.15, -0.1) is 0 Å². The van der Waals surface area contributed by atoms with Crippen molar-refractivity contribution in [1.29, 1.82) is 0 Å². The molecule has 2 heterocycles. The van der Waals surface area contributed by atoms with E-state index in [0.29, 0.717) is 0 Å². The highest BCUT2D eigenvalue weighted by Crippen LogP contribution is 2.41. The standard InChI is InChI=1S/C17H17F5N2O2/c1-15(2,3)26-14(25)24-7-11-10-5-4-9(17(20,21)22)6-12(10)23-13(11)16(18,19)8-24/h4-6,23H,7-8H2,1-3H3. The predicted molar refractivity (Wildman–Crippen MR) is 83.8 cm³/mol. The lowest BCUT2D eigenvalue weighted by atomic mass is 10.0. The van der Waals surface area contributed by atoms with Crippen LogP contribution in [0.2, 0.25) is 0 Å². The van der Waals surface area contributed by atoms with Crippen LogP contribution in [-0.2, 0) is 23.4 Å². The van der Waals surface area contributed by atoms with E-state index in [0.717, 1.165) is 23.1 Å². The maximum atomic E-state index is 14.5. The SMILES string of the molecule is CC(C)(C)OC(=O)N1Cc2c([nH]c3cc(C(F)(F)F)ccc23)C(F)(F)C1. The second-order valence-corrected chi connectivity index (χ2v) is 7.28. The highest BCUT2D eigenvalue weighted by atomic mass is 19.4. The fourth-order valence-electron chi connectivity index (χ4n) is 2.93. The number of hydrogen-bond acceptors (Lipinski definition) is 2. The van der Waals surface area contributed by atoms with Crippen LogP contribution < -0.4 is 0 Å². The molecule has 0 aliphatic carbocycles. The molecular weight excluding hydrogens is 359 g/mol. The van der Waals surface area contributed by atoms with E-state index in [4.69, 9.17) is 4.74 Å². The minimum absolute atomic E-state index is 0.0458. The molecule has 26 heavy (non-hydrogen) atoms. The first-order valence-electron chi connectivity index (χ1n) is 7.86. The third kappa shape index (κ3) is 3.34. The Morgan fingerprint density at radius 3 is 2.46 bits per heavy atom. The molecule has 1 aliphatic heterocycles. The predicted octanol–water partition coefficient (Wildman–Crippen LogP) is 5.03. The zero-order valence-electron chi connectivity index (χ0n) is 14.3. The molecule has 0 spiro atoms. The average molecular weight is 376 g/mol. The van der Waals surface area contributed by atoms with Gasteiger partial charge in [-0.1, -0.05) is 6.07 Å². The van der Waals surface area contributed by atoms with Crippen LogP contribution in [0.4, 0.5) is 26.7 Å². The molecule has 0 saturated carbocycles. The van der Waals surface area contributed by atoms with Crippen molar-refractivity contribution >= 4 is 17.0 Å². The Morgan fingerprint density at radius 2 is 1.88 bits per heavy atom. The third-order valence-electron chi connectivity index (χ3n) is 3.99. The van der Waals surface area contributed by atoms with Crippen LogP contribution in [0.1, 0.15) is 37.6 Å². The number of H-pyrrole nitrogens is 1. The fourth-order valence-corrected chi connectivity index (χ4v) is 2.93. The number of benzene rings is 1. The summed E-state index contributed by atoms with van der Waals surface area (Å²) in [5.41, 5.74) is -2.21. The van der Waals surface area contributed by atoms with E-state index in [-0.39, 0.29) is 23.0 Å². The smallest absolute Gasteiger partial charge is 0.416 e. The summed E-state index contributed by atoms with van der Waals surface area (Å²) in [5, 5.41) is 0.223. The maximum Gasteiger partial charge on any atom is 0.416 e. The van der Waals surface area contributed by atoms with Crippen molar-refractivity contribution in [3.05, 3.63) is 35.0 Å². The number of halogens is 5. The first-order chi connectivity index (χ1) is 11.8. The van der Waals surface area contributed by atoms with Crippen LogP contribution in [0.15, 0.2) is 18.2 Å². The van der Waals surface area contributed by atoms with Crippen LogP contribution in [-0.4, -0.2) is 28.1 Å². The van der Waals surface area contributed by atoms with Crippen molar-refractivity contribution in [2.45, 2.75) is 45.0 Å². The summed E-state index contributed by atoms with van der Waals surface area (Å²) >= 11 is 0. The zero-order chi connectivity index (χ0) is 19.5. The maximum absolute atomic E-state index is 14.5. The molecule has 0 atom stereocenters. The monoisotopic (exact) mass is 376 g/mol. The van der Waals surface area contributed by atoms with Crippen molar-refractivity contribution in [2.75, 3.05) is 6.54 Å². The number of alkyl halides is 5. The summed E-state index contributed by atoms with van der Waals surface area (Å²) < 4.78 is 72.7. The number of nitrogens with zero attached hydrogens (tertiary/aromatic N) is 1. The van der Waals surface area contributed by atoms with Crippen molar-refractivity contribution < 1.29 is 31.5 Å². The summed E-state index contributed by atoms with van der Waals surface area (Å²) in [6.07, 6.45) is -5.48. The zero-order valence-corrected chi connectivity index (χ0v) is 14.3. The summed E-state index contributed by atoms with van der Waals surface area (Å²) in [6.45, 7) is 3.76. The lowest BCUT2D eigenvalue weighted by Crippen LogP contribution is -2.45. The summed E-state index contributed by atoms with van der Waals surface area (Å²) in [6, 6.07) is 2.77. The molecule has 3 rings (SSSR count). The van der Waals surface area contributed by atoms with Gasteiger partial charge in [0.25, 0.3) is 0 Å². The molecule has 0 bridgehead atoms. The van der Waals surface area contributed by atoms with Gasteiger partial charge in [-0.05, 0) is 32.9 Å². The van der Waals surface area contributed by atoms with Gasteiger partial charge in [0.1, 0.15) is 5.60 Å². The normalized spacial score (nSPS) is 17.3. The van der Waals surface area contributed by atoms with E-state index in [1.165, 1.54) is 0 Å². The van der Waals surface area contributed by atoms with Crippen molar-refractivity contribution in [1.82, 2.24) is 9.88 Å². The van der Waals surface area contributed by atoms with Crippen molar-refractivity contribution in [2.24, 2.45) is 0 Å². The van der Waals surface area contributed by atoms with Gasteiger partial charge in [0.05, 0.1) is 24.3 Å². The number of aromatic nitrogens is 1. The Labute approximate surface area is 145 Å². The van der Waals surface area contributed by atoms with Crippen LogP contribution in [0, 0.1) is 0 Å². The molecule has 1 aromatic carbocycles. The van der Waals surface area contributed by atoms with Gasteiger partial charge < -0.3 is 9.72 Å². The van der Waals surface area contributed by atoms with Gasteiger partial charge in [0, 0.05) is 16.5 Å². The highest BCUT2D eigenvalue weighted by Gasteiger charge is 2.45. The number of hydrogen-bond donors (Lipinski definition) is 1. The molecule has 9 heteroatoms. The molecule has 0 unspecified atom stereocenters. The Morgan fingerprint density at radius 1 is 1.23 bits per heavy atom. The van der Waals surface area contributed by atoms with E-state index in [1.807, 2.05) is 0 Å². The van der Waals surface area contributed by atoms with Crippen LogP contribution in [0.5, 0.6) is 0 Å². The molecule has 1 amide bonds. The molecule has 0 fully saturated rings. The quantitative estimate of drug-likeness (QED) is 0.656. The molecule has 1 aromatic heterocycles.